The predicted octanol–water partition coefficient (Wildman–Crippen LogP) is 4.12. The first-order valence-electron chi connectivity index (χ1n) is 6.16. The van der Waals surface area contributed by atoms with Crippen molar-refractivity contribution in [2.45, 2.75) is 27.7 Å². The van der Waals surface area contributed by atoms with Gasteiger partial charge in [0.1, 0.15) is 23.0 Å². The van der Waals surface area contributed by atoms with E-state index < -0.39 is 0 Å². The number of aromatic hydroxyl groups is 2. The van der Waals surface area contributed by atoms with E-state index in [1.54, 1.807) is 24.3 Å². The van der Waals surface area contributed by atoms with Gasteiger partial charge >= 0.3 is 0 Å². The Hall–Kier alpha value is -2.16. The van der Waals surface area contributed by atoms with E-state index in [2.05, 4.69) is 0 Å². The molecular formula is C16H18O3. The molecule has 0 aliphatic carbocycles. The number of hydrogen-bond acceptors (Lipinski definition) is 3. The molecule has 0 amide bonds. The lowest BCUT2D eigenvalue weighted by Crippen LogP contribution is -1.95. The smallest absolute Gasteiger partial charge is 0.133 e. The molecule has 0 spiro atoms. The fourth-order valence-corrected chi connectivity index (χ4v) is 2.28. The monoisotopic (exact) mass is 258 g/mol. The van der Waals surface area contributed by atoms with Crippen LogP contribution in [0, 0.1) is 27.7 Å². The molecule has 0 saturated heterocycles. The molecule has 0 unspecified atom stereocenters. The van der Waals surface area contributed by atoms with Crippen LogP contribution in [-0.2, 0) is 0 Å². The van der Waals surface area contributed by atoms with Crippen LogP contribution in [0.5, 0.6) is 23.0 Å². The largest absolute Gasteiger partial charge is 0.508 e. The van der Waals surface area contributed by atoms with Crippen LogP contribution in [0.2, 0.25) is 0 Å². The molecule has 3 nitrogen and oxygen atoms in total. The second-order valence-corrected chi connectivity index (χ2v) is 4.92. The van der Waals surface area contributed by atoms with Crippen molar-refractivity contribution in [2.24, 2.45) is 0 Å². The Morgan fingerprint density at radius 2 is 0.895 bits per heavy atom. The minimum Gasteiger partial charge on any atom is -0.508 e. The van der Waals surface area contributed by atoms with E-state index in [0.717, 1.165) is 33.8 Å². The molecule has 3 heteroatoms. The van der Waals surface area contributed by atoms with Crippen LogP contribution in [0.15, 0.2) is 24.3 Å². The standard InChI is InChI=1S/C16H18O3/c1-9-5-13(17)6-10(2)15(9)19-16-11(3)7-14(18)8-12(16)4/h5-8,17-18H,1-4H3. The number of hydrogen-bond donors (Lipinski definition) is 2. The summed E-state index contributed by atoms with van der Waals surface area (Å²) >= 11 is 0. The quantitative estimate of drug-likeness (QED) is 0.851. The molecule has 2 rings (SSSR count). The Balaban J connectivity index is 2.48. The second kappa shape index (κ2) is 4.84. The van der Waals surface area contributed by atoms with E-state index in [1.807, 2.05) is 27.7 Å². The normalized spacial score (nSPS) is 10.5. The summed E-state index contributed by atoms with van der Waals surface area (Å²) in [6, 6.07) is 6.70. The summed E-state index contributed by atoms with van der Waals surface area (Å²) in [5.41, 5.74) is 3.52. The van der Waals surface area contributed by atoms with Crippen LogP contribution in [0.1, 0.15) is 22.3 Å². The molecule has 2 N–H and O–H groups in total. The fraction of sp³-hybridized carbons (Fsp3) is 0.250. The van der Waals surface area contributed by atoms with Gasteiger partial charge in [-0.05, 0) is 74.2 Å². The Morgan fingerprint density at radius 1 is 0.632 bits per heavy atom. The van der Waals surface area contributed by atoms with Crippen molar-refractivity contribution in [2.75, 3.05) is 0 Å². The fourth-order valence-electron chi connectivity index (χ4n) is 2.28. The van der Waals surface area contributed by atoms with Crippen molar-refractivity contribution in [1.29, 1.82) is 0 Å². The predicted molar refractivity (Wildman–Crippen MR) is 75.2 cm³/mol. The Labute approximate surface area is 113 Å². The lowest BCUT2D eigenvalue weighted by molar-refractivity contribution is 0.449. The maximum Gasteiger partial charge on any atom is 0.133 e. The molecule has 2 aromatic carbocycles. The van der Waals surface area contributed by atoms with Crippen molar-refractivity contribution in [3.8, 4) is 23.0 Å². The SMILES string of the molecule is Cc1cc(O)cc(C)c1Oc1c(C)cc(O)cc1C. The molecular weight excluding hydrogens is 240 g/mol. The van der Waals surface area contributed by atoms with Crippen LogP contribution >= 0.6 is 0 Å². The summed E-state index contributed by atoms with van der Waals surface area (Å²) in [7, 11) is 0. The van der Waals surface area contributed by atoms with Crippen molar-refractivity contribution in [3.63, 3.8) is 0 Å². The van der Waals surface area contributed by atoms with Crippen LogP contribution in [0.25, 0.3) is 0 Å². The van der Waals surface area contributed by atoms with Gasteiger partial charge in [0.05, 0.1) is 0 Å². The maximum absolute atomic E-state index is 9.54. The topological polar surface area (TPSA) is 49.7 Å². The summed E-state index contributed by atoms with van der Waals surface area (Å²) < 4.78 is 5.99. The van der Waals surface area contributed by atoms with Gasteiger partial charge < -0.3 is 14.9 Å². The highest BCUT2D eigenvalue weighted by Crippen LogP contribution is 2.36. The summed E-state index contributed by atoms with van der Waals surface area (Å²) in [4.78, 5) is 0. The number of ether oxygens (including phenoxy) is 1. The summed E-state index contributed by atoms with van der Waals surface area (Å²) in [5, 5.41) is 19.1. The first kappa shape index (κ1) is 13.3. The molecule has 0 fully saturated rings. The zero-order valence-electron chi connectivity index (χ0n) is 11.6. The number of phenols is 2. The van der Waals surface area contributed by atoms with Gasteiger partial charge in [0, 0.05) is 0 Å². The molecule has 0 radical (unpaired) electrons. The van der Waals surface area contributed by atoms with Gasteiger partial charge in [-0.2, -0.15) is 0 Å². The Morgan fingerprint density at radius 3 is 1.16 bits per heavy atom. The highest BCUT2D eigenvalue weighted by Gasteiger charge is 2.12. The van der Waals surface area contributed by atoms with Gasteiger partial charge in [-0.15, -0.1) is 0 Å². The zero-order chi connectivity index (χ0) is 14.2. The molecule has 0 aromatic heterocycles. The zero-order valence-corrected chi connectivity index (χ0v) is 11.6. The molecule has 0 aliphatic rings. The molecule has 0 atom stereocenters. The maximum atomic E-state index is 9.54. The summed E-state index contributed by atoms with van der Waals surface area (Å²) in [6.07, 6.45) is 0. The first-order valence-corrected chi connectivity index (χ1v) is 6.16. The minimum atomic E-state index is 0.238. The molecule has 0 bridgehead atoms. The number of phenolic OH excluding ortho intramolecular Hbond substituents is 2. The number of aryl methyl sites for hydroxylation is 4. The Bertz CT molecular complexity index is 528. The molecule has 100 valence electrons. The Kier molecular flexibility index (Phi) is 3.38. The lowest BCUT2D eigenvalue weighted by Gasteiger charge is -2.16. The third kappa shape index (κ3) is 2.65. The van der Waals surface area contributed by atoms with E-state index in [9.17, 15) is 10.2 Å². The number of benzene rings is 2. The molecule has 0 aliphatic heterocycles. The van der Waals surface area contributed by atoms with Gasteiger partial charge in [-0.1, -0.05) is 0 Å². The van der Waals surface area contributed by atoms with Crippen LogP contribution < -0.4 is 4.74 Å². The molecule has 0 heterocycles. The van der Waals surface area contributed by atoms with Crippen molar-refractivity contribution in [3.05, 3.63) is 46.5 Å². The van der Waals surface area contributed by atoms with E-state index in [1.165, 1.54) is 0 Å². The molecule has 2 aromatic rings. The van der Waals surface area contributed by atoms with Crippen molar-refractivity contribution in [1.82, 2.24) is 0 Å². The average molecular weight is 258 g/mol. The average Bonchev–Trinajstić information content (AvgIpc) is 2.25. The van der Waals surface area contributed by atoms with Crippen molar-refractivity contribution >= 4 is 0 Å². The van der Waals surface area contributed by atoms with Gasteiger partial charge in [-0.25, -0.2) is 0 Å². The lowest BCUT2D eigenvalue weighted by atomic mass is 10.1. The van der Waals surface area contributed by atoms with E-state index in [-0.39, 0.29) is 11.5 Å². The molecule has 19 heavy (non-hydrogen) atoms. The highest BCUT2D eigenvalue weighted by atomic mass is 16.5. The van der Waals surface area contributed by atoms with E-state index in [4.69, 9.17) is 4.74 Å². The first-order chi connectivity index (χ1) is 8.88. The third-order valence-electron chi connectivity index (χ3n) is 3.09. The van der Waals surface area contributed by atoms with Crippen LogP contribution in [0.3, 0.4) is 0 Å². The molecule has 0 saturated carbocycles. The highest BCUT2D eigenvalue weighted by molar-refractivity contribution is 5.52. The third-order valence-corrected chi connectivity index (χ3v) is 3.09. The van der Waals surface area contributed by atoms with Gasteiger partial charge in [-0.3, -0.25) is 0 Å². The summed E-state index contributed by atoms with van der Waals surface area (Å²) in [6.45, 7) is 7.58. The minimum absolute atomic E-state index is 0.238. The number of rotatable bonds is 2. The van der Waals surface area contributed by atoms with Gasteiger partial charge in [0.25, 0.3) is 0 Å². The second-order valence-electron chi connectivity index (χ2n) is 4.92. The van der Waals surface area contributed by atoms with E-state index in [0.29, 0.717) is 0 Å². The summed E-state index contributed by atoms with van der Waals surface area (Å²) in [5.74, 6) is 1.97. The van der Waals surface area contributed by atoms with Gasteiger partial charge in [0.15, 0.2) is 0 Å². The van der Waals surface area contributed by atoms with E-state index >= 15 is 0 Å². The van der Waals surface area contributed by atoms with Crippen molar-refractivity contribution < 1.29 is 14.9 Å². The van der Waals surface area contributed by atoms with Crippen LogP contribution in [-0.4, -0.2) is 10.2 Å². The van der Waals surface area contributed by atoms with Gasteiger partial charge in [0.2, 0.25) is 0 Å². The van der Waals surface area contributed by atoms with Crippen LogP contribution in [0.4, 0.5) is 0 Å².